The van der Waals surface area contributed by atoms with E-state index >= 15 is 0 Å². The Kier molecular flexibility index (Phi) is 8.63. The van der Waals surface area contributed by atoms with Gasteiger partial charge in [-0.05, 0) is 58.8 Å². The summed E-state index contributed by atoms with van der Waals surface area (Å²) in [6.07, 6.45) is 4.44. The van der Waals surface area contributed by atoms with Crippen molar-refractivity contribution in [3.8, 4) is 5.75 Å². The number of likely N-dealkylation sites (tertiary alicyclic amines) is 1. The van der Waals surface area contributed by atoms with Gasteiger partial charge < -0.3 is 19.4 Å². The highest BCUT2D eigenvalue weighted by Crippen LogP contribution is 2.59. The van der Waals surface area contributed by atoms with Crippen molar-refractivity contribution in [3.63, 3.8) is 0 Å². The molecule has 7 nitrogen and oxygen atoms in total. The summed E-state index contributed by atoms with van der Waals surface area (Å²) in [5.74, 6) is -6.01. The summed E-state index contributed by atoms with van der Waals surface area (Å²) in [6, 6.07) is 24.5. The molecular weight excluding hydrogens is 626 g/mol. The highest BCUT2D eigenvalue weighted by Gasteiger charge is 2.67. The van der Waals surface area contributed by atoms with Crippen molar-refractivity contribution in [1.82, 2.24) is 4.90 Å². The summed E-state index contributed by atoms with van der Waals surface area (Å²) in [5, 5.41) is 24.4. The molecule has 0 unspecified atom stereocenters. The molecule has 3 aromatic rings. The highest BCUT2D eigenvalue weighted by molar-refractivity contribution is 6.99. The Morgan fingerprint density at radius 2 is 1.54 bits per heavy atom. The molecule has 2 N–H and O–H groups in total. The first-order chi connectivity index (χ1) is 23.0. The number of carbonyl (C=O) groups is 2. The second kappa shape index (κ2) is 12.5. The Bertz CT molecular complexity index is 1620. The zero-order chi connectivity index (χ0) is 33.8. The van der Waals surface area contributed by atoms with E-state index in [9.17, 15) is 24.2 Å². The van der Waals surface area contributed by atoms with Crippen molar-refractivity contribution in [2.75, 3.05) is 6.61 Å². The lowest BCUT2D eigenvalue weighted by atomic mass is 9.64. The fraction of sp³-hybridized carbons (Fsp3) is 0.487. The van der Waals surface area contributed by atoms with E-state index in [1.807, 2.05) is 36.4 Å². The van der Waals surface area contributed by atoms with Gasteiger partial charge in [0.25, 0.3) is 8.32 Å². The Labute approximate surface area is 283 Å². The fourth-order valence-corrected chi connectivity index (χ4v) is 13.9. The molecule has 2 heterocycles. The number of hydrogen-bond acceptors (Lipinski definition) is 6. The number of carbonyl (C=O) groups excluding carboxylic acids is 2. The van der Waals surface area contributed by atoms with Crippen LogP contribution in [0.15, 0.2) is 78.9 Å². The average Bonchev–Trinajstić information content (AvgIpc) is 3.56. The topological polar surface area (TPSA) is 96.3 Å². The van der Waals surface area contributed by atoms with E-state index in [0.29, 0.717) is 5.56 Å². The lowest BCUT2D eigenvalue weighted by Gasteiger charge is -2.48. The number of phenols is 1. The van der Waals surface area contributed by atoms with Gasteiger partial charge in [-0.1, -0.05) is 107 Å². The van der Waals surface area contributed by atoms with E-state index in [1.54, 1.807) is 6.07 Å². The Morgan fingerprint density at radius 1 is 0.917 bits per heavy atom. The Hall–Kier alpha value is -3.37. The zero-order valence-corrected chi connectivity index (χ0v) is 29.0. The predicted octanol–water partition coefficient (Wildman–Crippen LogP) is 5.83. The first-order valence-corrected chi connectivity index (χ1v) is 19.4. The second-order valence-electron chi connectivity index (χ2n) is 15.3. The lowest BCUT2D eigenvalue weighted by molar-refractivity contribution is -0.273. The molecule has 0 spiro atoms. The minimum Gasteiger partial charge on any atom is -0.505 e. The van der Waals surface area contributed by atoms with Crippen LogP contribution in [0.4, 0.5) is 4.39 Å². The number of aliphatic hydroxyl groups is 1. The van der Waals surface area contributed by atoms with Crippen LogP contribution in [-0.2, 0) is 18.8 Å². The van der Waals surface area contributed by atoms with Crippen LogP contribution in [0.2, 0.25) is 5.04 Å². The summed E-state index contributed by atoms with van der Waals surface area (Å²) >= 11 is 0. The molecule has 254 valence electrons. The Morgan fingerprint density at radius 3 is 2.12 bits per heavy atom. The standard InChI is InChI=1S/C39H46FNO6Si/c1-38(2,3)48(28-15-9-5-10-16-28,29-17-11-6-12-18-29)46-24-26-22-30-35(37(44)41(36(30)43)27-13-7-4-8-14-27)31-23-34(47-39(26,31)45)25-19-20-33(42)32(40)21-25/h5-6,9-12,15-21,26-27,30-31,34-35,42,45H,4,7-8,13-14,22-24H2,1-3H3/t26-,30+,31+,34+,35+,39-/m1/s1. The number of hydrogen-bond donors (Lipinski definition) is 2. The number of ether oxygens (including phenoxy) is 1. The predicted molar refractivity (Wildman–Crippen MR) is 182 cm³/mol. The van der Waals surface area contributed by atoms with Gasteiger partial charge in [-0.2, -0.15) is 0 Å². The van der Waals surface area contributed by atoms with E-state index < -0.39 is 55.4 Å². The molecule has 0 radical (unpaired) electrons. The molecule has 0 aromatic heterocycles. The largest absolute Gasteiger partial charge is 0.505 e. The zero-order valence-electron chi connectivity index (χ0n) is 28.0. The van der Waals surface area contributed by atoms with Gasteiger partial charge in [-0.15, -0.1) is 0 Å². The number of benzene rings is 3. The number of aromatic hydroxyl groups is 1. The average molecular weight is 672 g/mol. The molecule has 2 saturated heterocycles. The van der Waals surface area contributed by atoms with Gasteiger partial charge in [0, 0.05) is 24.5 Å². The number of fused-ring (bicyclic) bond motifs is 3. The van der Waals surface area contributed by atoms with Gasteiger partial charge in [0.2, 0.25) is 11.8 Å². The van der Waals surface area contributed by atoms with Crippen LogP contribution < -0.4 is 10.4 Å². The number of rotatable bonds is 7. The van der Waals surface area contributed by atoms with E-state index in [-0.39, 0.29) is 42.3 Å². The summed E-state index contributed by atoms with van der Waals surface area (Å²) in [4.78, 5) is 29.9. The second-order valence-corrected chi connectivity index (χ2v) is 19.6. The van der Waals surface area contributed by atoms with Crippen LogP contribution in [-0.4, -0.2) is 53.7 Å². The van der Waals surface area contributed by atoms with Crippen LogP contribution in [0.5, 0.6) is 5.75 Å². The van der Waals surface area contributed by atoms with E-state index in [0.717, 1.165) is 42.5 Å². The lowest BCUT2D eigenvalue weighted by Crippen LogP contribution is -2.67. The van der Waals surface area contributed by atoms with Crippen molar-refractivity contribution in [2.24, 2.45) is 23.7 Å². The van der Waals surface area contributed by atoms with Gasteiger partial charge >= 0.3 is 0 Å². The van der Waals surface area contributed by atoms with Gasteiger partial charge in [0.1, 0.15) is 0 Å². The maximum atomic E-state index is 14.6. The monoisotopic (exact) mass is 671 g/mol. The fourth-order valence-electron chi connectivity index (χ4n) is 9.32. The summed E-state index contributed by atoms with van der Waals surface area (Å²) in [5.41, 5.74) is 0.470. The number of imide groups is 1. The van der Waals surface area contributed by atoms with E-state index in [4.69, 9.17) is 9.16 Å². The van der Waals surface area contributed by atoms with Gasteiger partial charge in [0.15, 0.2) is 17.4 Å². The van der Waals surface area contributed by atoms with Crippen LogP contribution in [0, 0.1) is 29.5 Å². The summed E-state index contributed by atoms with van der Waals surface area (Å²) in [6.45, 7) is 6.69. The van der Waals surface area contributed by atoms with Crippen molar-refractivity contribution in [2.45, 2.75) is 88.7 Å². The van der Waals surface area contributed by atoms with Gasteiger partial charge in [-0.25, -0.2) is 4.39 Å². The molecule has 48 heavy (non-hydrogen) atoms. The van der Waals surface area contributed by atoms with E-state index in [2.05, 4.69) is 45.0 Å². The quantitative estimate of drug-likeness (QED) is 0.243. The SMILES string of the molecule is CC(C)(C)[Si](OC[C@H]1C[C@@H]2C(=O)N(C3CCCCC3)C(=O)[C@@H]2[C@@H]2C[C@@H](c3ccc(O)c(F)c3)O[C@]12O)(c1ccccc1)c1ccccc1. The minimum atomic E-state index is -3.02. The smallest absolute Gasteiger partial charge is 0.261 e. The van der Waals surface area contributed by atoms with Crippen molar-refractivity contribution in [3.05, 3.63) is 90.2 Å². The first-order valence-electron chi connectivity index (χ1n) is 17.5. The number of amides is 2. The molecule has 7 rings (SSSR count). The van der Waals surface area contributed by atoms with Crippen molar-refractivity contribution >= 4 is 30.5 Å². The maximum Gasteiger partial charge on any atom is 0.261 e. The van der Waals surface area contributed by atoms with Crippen LogP contribution in [0.25, 0.3) is 0 Å². The highest BCUT2D eigenvalue weighted by atomic mass is 28.4. The first kappa shape index (κ1) is 33.1. The molecule has 2 saturated carbocycles. The molecule has 2 aliphatic carbocycles. The number of nitrogens with zero attached hydrogens (tertiary/aromatic N) is 1. The molecule has 2 amide bonds. The maximum absolute atomic E-state index is 14.6. The van der Waals surface area contributed by atoms with Gasteiger partial charge in [0.05, 0.1) is 17.9 Å². The third kappa shape index (κ3) is 5.34. The van der Waals surface area contributed by atoms with Gasteiger partial charge in [-0.3, -0.25) is 14.5 Å². The molecule has 0 bridgehead atoms. The third-order valence-electron chi connectivity index (χ3n) is 11.6. The Balaban J connectivity index is 1.29. The molecular formula is C39H46FNO6Si. The van der Waals surface area contributed by atoms with Crippen molar-refractivity contribution in [1.29, 1.82) is 0 Å². The summed E-state index contributed by atoms with van der Waals surface area (Å²) in [7, 11) is -3.02. The number of halogens is 1. The molecule has 6 atom stereocenters. The normalized spacial score (nSPS) is 29.6. The summed E-state index contributed by atoms with van der Waals surface area (Å²) < 4.78 is 28.4. The number of phenolic OH excluding ortho intramolecular Hbond substituents is 1. The minimum absolute atomic E-state index is 0.116. The van der Waals surface area contributed by atoms with E-state index in [1.165, 1.54) is 17.0 Å². The molecule has 2 aliphatic heterocycles. The molecule has 4 fully saturated rings. The molecule has 9 heteroatoms. The van der Waals surface area contributed by atoms with Crippen LogP contribution in [0.3, 0.4) is 0 Å². The van der Waals surface area contributed by atoms with Crippen LogP contribution in [0.1, 0.15) is 77.4 Å². The van der Waals surface area contributed by atoms with Crippen LogP contribution >= 0.6 is 0 Å². The molecule has 3 aromatic carbocycles. The molecule has 4 aliphatic rings. The van der Waals surface area contributed by atoms with Crippen molar-refractivity contribution < 1.29 is 33.4 Å². The third-order valence-corrected chi connectivity index (χ3v) is 16.6.